The average molecular weight is 469 g/mol. The Labute approximate surface area is 197 Å². The van der Waals surface area contributed by atoms with Crippen LogP contribution in [0.4, 0.5) is 11.6 Å². The molecule has 32 heavy (non-hydrogen) atoms. The molecule has 1 N–H and O–H groups in total. The van der Waals surface area contributed by atoms with E-state index in [2.05, 4.69) is 12.2 Å². The molecular weight excluding hydrogens is 444 g/mol. The number of anilines is 2. The summed E-state index contributed by atoms with van der Waals surface area (Å²) < 4.78 is 5.23. The predicted molar refractivity (Wildman–Crippen MR) is 130 cm³/mol. The molecule has 0 fully saturated rings. The van der Waals surface area contributed by atoms with E-state index in [0.29, 0.717) is 34.9 Å². The van der Waals surface area contributed by atoms with E-state index in [-0.39, 0.29) is 12.3 Å². The lowest BCUT2D eigenvalue weighted by Gasteiger charge is -2.18. The highest BCUT2D eigenvalue weighted by Gasteiger charge is 2.33. The van der Waals surface area contributed by atoms with E-state index >= 15 is 0 Å². The zero-order valence-corrected chi connectivity index (χ0v) is 19.7. The number of benzene rings is 2. The Morgan fingerprint density at radius 1 is 1.16 bits per heavy atom. The number of carbonyl (C=O) groups excluding carboxylic acids is 1. The van der Waals surface area contributed by atoms with Crippen LogP contribution in [0.15, 0.2) is 53.7 Å². The van der Waals surface area contributed by atoms with Gasteiger partial charge in [-0.15, -0.1) is 0 Å². The topological polar surface area (TPSA) is 67.4 Å². The highest BCUT2D eigenvalue weighted by Crippen LogP contribution is 2.36. The molecule has 0 atom stereocenters. The van der Waals surface area contributed by atoms with E-state index in [9.17, 15) is 4.79 Å². The first-order valence-corrected chi connectivity index (χ1v) is 11.9. The van der Waals surface area contributed by atoms with Gasteiger partial charge in [0.2, 0.25) is 5.91 Å². The van der Waals surface area contributed by atoms with Crippen LogP contribution in [0.1, 0.15) is 30.0 Å². The molecule has 4 rings (SSSR count). The first-order chi connectivity index (χ1) is 15.6. The number of rotatable bonds is 9. The number of nitrogens with zero attached hydrogens (tertiary/aromatic N) is 3. The summed E-state index contributed by atoms with van der Waals surface area (Å²) in [6.07, 6.45) is 1.28. The van der Waals surface area contributed by atoms with Crippen molar-refractivity contribution in [1.82, 2.24) is 9.97 Å². The molecule has 0 radical (unpaired) electrons. The van der Waals surface area contributed by atoms with Crippen LogP contribution >= 0.6 is 23.4 Å². The molecule has 1 aromatic heterocycles. The van der Waals surface area contributed by atoms with E-state index < -0.39 is 0 Å². The predicted octanol–water partition coefficient (Wildman–Crippen LogP) is 5.34. The second kappa shape index (κ2) is 10.2. The molecule has 1 amide bonds. The van der Waals surface area contributed by atoms with Crippen molar-refractivity contribution in [3.8, 4) is 5.75 Å². The van der Waals surface area contributed by atoms with Crippen molar-refractivity contribution >= 4 is 40.9 Å². The van der Waals surface area contributed by atoms with Crippen molar-refractivity contribution in [1.29, 1.82) is 0 Å². The zero-order valence-electron chi connectivity index (χ0n) is 18.1. The number of amides is 1. The normalized spacial score (nSPS) is 12.7. The molecular formula is C24H25ClN4O2S. The number of nitrogens with one attached hydrogen (secondary N) is 1. The number of carbonyl (C=O) groups is 1. The fourth-order valence-electron chi connectivity index (χ4n) is 3.50. The minimum Gasteiger partial charge on any atom is -0.497 e. The Hall–Kier alpha value is -2.77. The first-order valence-electron chi connectivity index (χ1n) is 10.5. The minimum absolute atomic E-state index is 0.000594. The fourth-order valence-corrected chi connectivity index (χ4v) is 4.39. The van der Waals surface area contributed by atoms with Gasteiger partial charge in [-0.2, -0.15) is 0 Å². The molecule has 3 aromatic rings. The van der Waals surface area contributed by atoms with Gasteiger partial charge in [0, 0.05) is 22.9 Å². The Morgan fingerprint density at radius 2 is 1.94 bits per heavy atom. The molecule has 6 nitrogen and oxygen atoms in total. The number of thioether (sulfide) groups is 1. The Kier molecular flexibility index (Phi) is 7.17. The van der Waals surface area contributed by atoms with Crippen LogP contribution in [0.25, 0.3) is 0 Å². The van der Waals surface area contributed by atoms with Crippen molar-refractivity contribution in [3.63, 3.8) is 0 Å². The number of halogens is 1. The van der Waals surface area contributed by atoms with Crippen LogP contribution < -0.4 is 15.0 Å². The van der Waals surface area contributed by atoms with Crippen LogP contribution in [0.2, 0.25) is 5.02 Å². The second-order valence-corrected chi connectivity index (χ2v) is 8.92. The van der Waals surface area contributed by atoms with E-state index in [1.807, 2.05) is 48.5 Å². The number of fused-ring (bicyclic) bond motifs is 1. The molecule has 2 aromatic carbocycles. The molecule has 1 aliphatic heterocycles. The summed E-state index contributed by atoms with van der Waals surface area (Å²) in [7, 11) is 1.65. The van der Waals surface area contributed by atoms with Crippen LogP contribution in [0.3, 0.4) is 0 Å². The van der Waals surface area contributed by atoms with Crippen LogP contribution in [0.5, 0.6) is 5.75 Å². The van der Waals surface area contributed by atoms with Crippen molar-refractivity contribution in [2.45, 2.75) is 38.0 Å². The van der Waals surface area contributed by atoms with Crippen molar-refractivity contribution < 1.29 is 9.53 Å². The van der Waals surface area contributed by atoms with Gasteiger partial charge in [-0.3, -0.25) is 9.69 Å². The van der Waals surface area contributed by atoms with Gasteiger partial charge in [0.15, 0.2) is 5.16 Å². The smallest absolute Gasteiger partial charge is 0.233 e. The molecule has 0 unspecified atom stereocenters. The van der Waals surface area contributed by atoms with Gasteiger partial charge >= 0.3 is 0 Å². The summed E-state index contributed by atoms with van der Waals surface area (Å²) in [4.78, 5) is 24.1. The monoisotopic (exact) mass is 468 g/mol. The molecule has 1 aliphatic rings. The molecule has 0 saturated carbocycles. The number of hydrogen-bond acceptors (Lipinski definition) is 6. The van der Waals surface area contributed by atoms with Gasteiger partial charge in [0.1, 0.15) is 17.4 Å². The summed E-state index contributed by atoms with van der Waals surface area (Å²) in [5, 5.41) is 4.73. The lowest BCUT2D eigenvalue weighted by atomic mass is 10.2. The standard InChI is InChI=1S/C24H25ClN4O2S/c1-3-12-32-24-27-22(26-14-16-8-10-18(31-2)11-9-16)19-13-21(30)29(23(19)28-24)15-17-6-4-5-7-20(17)25/h4-11H,3,12-15H2,1-2H3,(H,26,27,28). The fraction of sp³-hybridized carbons (Fsp3) is 0.292. The van der Waals surface area contributed by atoms with E-state index in [4.69, 9.17) is 26.3 Å². The lowest BCUT2D eigenvalue weighted by molar-refractivity contribution is -0.117. The Bertz CT molecular complexity index is 1110. The third-order valence-corrected chi connectivity index (χ3v) is 6.61. The van der Waals surface area contributed by atoms with E-state index in [0.717, 1.165) is 34.6 Å². The Balaban J connectivity index is 1.62. The van der Waals surface area contributed by atoms with E-state index in [1.54, 1.807) is 23.8 Å². The second-order valence-electron chi connectivity index (χ2n) is 7.46. The lowest BCUT2D eigenvalue weighted by Crippen LogP contribution is -2.26. The van der Waals surface area contributed by atoms with Crippen LogP contribution in [-0.2, 0) is 24.3 Å². The highest BCUT2D eigenvalue weighted by atomic mass is 35.5. The van der Waals surface area contributed by atoms with Crippen LogP contribution in [-0.4, -0.2) is 28.7 Å². The summed E-state index contributed by atoms with van der Waals surface area (Å²) in [5.74, 6) is 3.10. The summed E-state index contributed by atoms with van der Waals surface area (Å²) >= 11 is 7.95. The average Bonchev–Trinajstić information content (AvgIpc) is 3.13. The maximum atomic E-state index is 12.9. The third-order valence-electron chi connectivity index (χ3n) is 5.19. The maximum Gasteiger partial charge on any atom is 0.233 e. The zero-order chi connectivity index (χ0) is 22.5. The molecule has 0 bridgehead atoms. The van der Waals surface area contributed by atoms with Gasteiger partial charge in [-0.1, -0.05) is 60.6 Å². The highest BCUT2D eigenvalue weighted by molar-refractivity contribution is 7.99. The third kappa shape index (κ3) is 5.00. The van der Waals surface area contributed by atoms with Gasteiger partial charge in [-0.25, -0.2) is 9.97 Å². The molecule has 2 heterocycles. The number of ether oxygens (including phenoxy) is 1. The summed E-state index contributed by atoms with van der Waals surface area (Å²) in [6, 6.07) is 15.5. The molecule has 0 saturated heterocycles. The quantitative estimate of drug-likeness (QED) is 0.337. The van der Waals surface area contributed by atoms with E-state index in [1.165, 1.54) is 0 Å². The van der Waals surface area contributed by atoms with Crippen molar-refractivity contribution in [3.05, 3.63) is 70.2 Å². The summed E-state index contributed by atoms with van der Waals surface area (Å²) in [6.45, 7) is 3.10. The van der Waals surface area contributed by atoms with Crippen molar-refractivity contribution in [2.24, 2.45) is 0 Å². The molecule has 166 valence electrons. The van der Waals surface area contributed by atoms with Gasteiger partial charge < -0.3 is 10.1 Å². The first kappa shape index (κ1) is 22.4. The largest absolute Gasteiger partial charge is 0.497 e. The number of aromatic nitrogens is 2. The minimum atomic E-state index is -0.000594. The number of methoxy groups -OCH3 is 1. The molecule has 0 spiro atoms. The Morgan fingerprint density at radius 3 is 2.66 bits per heavy atom. The molecule has 0 aliphatic carbocycles. The van der Waals surface area contributed by atoms with Gasteiger partial charge in [0.25, 0.3) is 0 Å². The van der Waals surface area contributed by atoms with Gasteiger partial charge in [0.05, 0.1) is 20.1 Å². The maximum absolute atomic E-state index is 12.9. The molecule has 8 heteroatoms. The van der Waals surface area contributed by atoms with Crippen molar-refractivity contribution in [2.75, 3.05) is 23.1 Å². The van der Waals surface area contributed by atoms with Crippen LogP contribution in [0, 0.1) is 0 Å². The summed E-state index contributed by atoms with van der Waals surface area (Å²) in [5.41, 5.74) is 2.82. The number of hydrogen-bond donors (Lipinski definition) is 1. The SMILES string of the molecule is CCCSc1nc(NCc2ccc(OC)cc2)c2c(n1)N(Cc1ccccc1Cl)C(=O)C2. The van der Waals surface area contributed by atoms with Gasteiger partial charge in [-0.05, 0) is 35.7 Å².